The van der Waals surface area contributed by atoms with Crippen LogP contribution in [0.5, 0.6) is 0 Å². The number of carbonyl (C=O) groups is 3. The van der Waals surface area contributed by atoms with E-state index in [0.29, 0.717) is 16.4 Å². The van der Waals surface area contributed by atoms with Crippen LogP contribution in [0.4, 0.5) is 10.8 Å². The minimum atomic E-state index is -0.456. The van der Waals surface area contributed by atoms with Crippen LogP contribution in [-0.2, 0) is 9.59 Å². The molecule has 0 saturated carbocycles. The van der Waals surface area contributed by atoms with E-state index in [9.17, 15) is 14.4 Å². The van der Waals surface area contributed by atoms with Crippen molar-refractivity contribution >= 4 is 68.5 Å². The van der Waals surface area contributed by atoms with Gasteiger partial charge in [-0.2, -0.15) is 0 Å². The maximum Gasteiger partial charge on any atom is 0.272 e. The van der Waals surface area contributed by atoms with Crippen LogP contribution in [0.2, 0.25) is 0 Å². The van der Waals surface area contributed by atoms with Gasteiger partial charge < -0.3 is 16.0 Å². The second-order valence-corrected chi connectivity index (χ2v) is 13.3. The molecule has 0 radical (unpaired) electrons. The molecule has 3 N–H and O–H groups in total. The van der Waals surface area contributed by atoms with Gasteiger partial charge in [-0.15, -0.1) is 23.1 Å². The van der Waals surface area contributed by atoms with Crippen molar-refractivity contribution in [3.63, 3.8) is 0 Å². The third kappa shape index (κ3) is 8.06. The Morgan fingerprint density at radius 3 is 2.27 bits per heavy atom. The Hall–Kier alpha value is -5.51. The third-order valence-corrected chi connectivity index (χ3v) is 9.46. The van der Waals surface area contributed by atoms with E-state index in [1.54, 1.807) is 42.5 Å². The van der Waals surface area contributed by atoms with Crippen molar-refractivity contribution in [3.8, 4) is 11.3 Å². The Kier molecular flexibility index (Phi) is 10.1. The van der Waals surface area contributed by atoms with E-state index >= 15 is 0 Å². The number of rotatable bonds is 10. The molecule has 6 aromatic rings. The van der Waals surface area contributed by atoms with Crippen molar-refractivity contribution in [3.05, 3.63) is 149 Å². The number of aryl methyl sites for hydroxylation is 1. The number of aromatic nitrogens is 1. The number of amides is 3. The van der Waals surface area contributed by atoms with Crippen molar-refractivity contribution in [2.45, 2.75) is 24.0 Å². The standard InChI is InChI=1S/C39H32N4O3S2/c1-25-10-6-7-14-29(25)23-34(41-37(45)28-12-4-3-5-13-28)38(46)40-32-18-20-33(21-19-32)48-26(2)36(44)43-39-42-35(24-47-39)31-17-16-27-11-8-9-15-30(27)22-31/h3-24,26H,1-2H3,(H,40,46)(H,41,45)(H,42,43,44)/b34-23-. The molecule has 0 aliphatic rings. The van der Waals surface area contributed by atoms with Gasteiger partial charge in [-0.3, -0.25) is 14.4 Å². The second kappa shape index (κ2) is 14.9. The first kappa shape index (κ1) is 32.4. The first-order chi connectivity index (χ1) is 23.3. The van der Waals surface area contributed by atoms with Crippen LogP contribution in [-0.4, -0.2) is 28.0 Å². The number of fused-ring (bicyclic) bond motifs is 1. The Bertz CT molecular complexity index is 2130. The molecule has 7 nitrogen and oxygen atoms in total. The molecule has 6 rings (SSSR count). The number of anilines is 2. The number of carbonyl (C=O) groups excluding carboxylic acids is 3. The number of nitrogens with zero attached hydrogens (tertiary/aromatic N) is 1. The monoisotopic (exact) mass is 668 g/mol. The number of benzene rings is 5. The van der Waals surface area contributed by atoms with E-state index in [0.717, 1.165) is 32.7 Å². The molecule has 0 bridgehead atoms. The van der Waals surface area contributed by atoms with Crippen LogP contribution < -0.4 is 16.0 Å². The summed E-state index contributed by atoms with van der Waals surface area (Å²) < 4.78 is 0. The van der Waals surface area contributed by atoms with Gasteiger partial charge in [0.15, 0.2) is 5.13 Å². The molecule has 0 aliphatic heterocycles. The maximum atomic E-state index is 13.4. The van der Waals surface area contributed by atoms with Crippen molar-refractivity contribution < 1.29 is 14.4 Å². The van der Waals surface area contributed by atoms with Crippen LogP contribution in [0.25, 0.3) is 28.1 Å². The van der Waals surface area contributed by atoms with E-state index in [1.165, 1.54) is 28.5 Å². The van der Waals surface area contributed by atoms with Crippen LogP contribution in [0, 0.1) is 6.92 Å². The molecule has 0 aliphatic carbocycles. The summed E-state index contributed by atoms with van der Waals surface area (Å²) in [7, 11) is 0. The van der Waals surface area contributed by atoms with Gasteiger partial charge in [-0.1, -0.05) is 78.9 Å². The predicted octanol–water partition coefficient (Wildman–Crippen LogP) is 8.80. The Morgan fingerprint density at radius 2 is 1.50 bits per heavy atom. The fraction of sp³-hybridized carbons (Fsp3) is 0.0769. The van der Waals surface area contributed by atoms with Crippen LogP contribution in [0.1, 0.15) is 28.4 Å². The van der Waals surface area contributed by atoms with E-state index in [-0.39, 0.29) is 17.5 Å². The molecule has 0 fully saturated rings. The molecular weight excluding hydrogens is 637 g/mol. The van der Waals surface area contributed by atoms with Gasteiger partial charge in [0.25, 0.3) is 11.8 Å². The van der Waals surface area contributed by atoms with Gasteiger partial charge in [-0.05, 0) is 84.3 Å². The molecule has 0 spiro atoms. The lowest BCUT2D eigenvalue weighted by Crippen LogP contribution is -2.30. The van der Waals surface area contributed by atoms with Crippen LogP contribution in [0.3, 0.4) is 0 Å². The lowest BCUT2D eigenvalue weighted by molar-refractivity contribution is -0.115. The molecule has 1 unspecified atom stereocenters. The summed E-state index contributed by atoms with van der Waals surface area (Å²) in [6.45, 7) is 3.78. The summed E-state index contributed by atoms with van der Waals surface area (Å²) in [5, 5.41) is 13.0. The highest BCUT2D eigenvalue weighted by Gasteiger charge is 2.18. The molecule has 3 amide bonds. The first-order valence-electron chi connectivity index (χ1n) is 15.3. The number of thiazole rings is 1. The Labute approximate surface area is 287 Å². The molecule has 238 valence electrons. The maximum absolute atomic E-state index is 13.4. The van der Waals surface area contributed by atoms with E-state index in [1.807, 2.05) is 79.9 Å². The fourth-order valence-electron chi connectivity index (χ4n) is 4.94. The Balaban J connectivity index is 1.08. The summed E-state index contributed by atoms with van der Waals surface area (Å²) in [6, 6.07) is 38.0. The molecule has 1 aromatic heterocycles. The Morgan fingerprint density at radius 1 is 0.792 bits per heavy atom. The fourth-order valence-corrected chi connectivity index (χ4v) is 6.53. The summed E-state index contributed by atoms with van der Waals surface area (Å²) >= 11 is 2.79. The SMILES string of the molecule is Cc1ccccc1/C=C(\NC(=O)c1ccccc1)C(=O)Nc1ccc(SC(C)C(=O)Nc2nc(-c3ccc4ccccc4c3)cs2)cc1. The van der Waals surface area contributed by atoms with Crippen molar-refractivity contribution in [2.75, 3.05) is 10.6 Å². The van der Waals surface area contributed by atoms with Gasteiger partial charge in [0.1, 0.15) is 5.70 Å². The van der Waals surface area contributed by atoms with E-state index in [2.05, 4.69) is 45.2 Å². The highest BCUT2D eigenvalue weighted by Crippen LogP contribution is 2.30. The third-order valence-electron chi connectivity index (χ3n) is 7.59. The topological polar surface area (TPSA) is 100 Å². The zero-order chi connectivity index (χ0) is 33.5. The molecule has 1 atom stereocenters. The summed E-state index contributed by atoms with van der Waals surface area (Å²) in [6.07, 6.45) is 1.67. The largest absolute Gasteiger partial charge is 0.321 e. The minimum absolute atomic E-state index is 0.118. The molecule has 48 heavy (non-hydrogen) atoms. The first-order valence-corrected chi connectivity index (χ1v) is 17.1. The normalized spacial score (nSPS) is 11.9. The minimum Gasteiger partial charge on any atom is -0.321 e. The van der Waals surface area contributed by atoms with Gasteiger partial charge in [-0.25, -0.2) is 4.98 Å². The van der Waals surface area contributed by atoms with Crippen LogP contribution in [0.15, 0.2) is 137 Å². The number of hydrogen-bond acceptors (Lipinski definition) is 6. The summed E-state index contributed by atoms with van der Waals surface area (Å²) in [5.41, 5.74) is 4.71. The number of hydrogen-bond donors (Lipinski definition) is 3. The number of nitrogens with one attached hydrogen (secondary N) is 3. The average molecular weight is 669 g/mol. The molecule has 5 aromatic carbocycles. The predicted molar refractivity (Wildman–Crippen MR) is 197 cm³/mol. The van der Waals surface area contributed by atoms with Crippen molar-refractivity contribution in [2.24, 2.45) is 0 Å². The molecule has 0 saturated heterocycles. The highest BCUT2D eigenvalue weighted by atomic mass is 32.2. The quantitative estimate of drug-likeness (QED) is 0.100. The van der Waals surface area contributed by atoms with E-state index in [4.69, 9.17) is 0 Å². The van der Waals surface area contributed by atoms with Crippen molar-refractivity contribution in [1.82, 2.24) is 10.3 Å². The summed E-state index contributed by atoms with van der Waals surface area (Å²) in [5.74, 6) is -0.994. The number of thioether (sulfide) groups is 1. The van der Waals surface area contributed by atoms with Gasteiger partial charge in [0, 0.05) is 27.1 Å². The zero-order valence-electron chi connectivity index (χ0n) is 26.3. The second-order valence-electron chi connectivity index (χ2n) is 11.1. The molecule has 9 heteroatoms. The van der Waals surface area contributed by atoms with Crippen molar-refractivity contribution in [1.29, 1.82) is 0 Å². The van der Waals surface area contributed by atoms with Crippen LogP contribution >= 0.6 is 23.1 Å². The molecule has 1 heterocycles. The van der Waals surface area contributed by atoms with Gasteiger partial charge in [0.05, 0.1) is 10.9 Å². The highest BCUT2D eigenvalue weighted by molar-refractivity contribution is 8.00. The average Bonchev–Trinajstić information content (AvgIpc) is 3.58. The smallest absolute Gasteiger partial charge is 0.272 e. The van der Waals surface area contributed by atoms with Gasteiger partial charge in [0.2, 0.25) is 5.91 Å². The summed E-state index contributed by atoms with van der Waals surface area (Å²) in [4.78, 5) is 44.9. The molecular formula is C39H32N4O3S2. The lowest BCUT2D eigenvalue weighted by atomic mass is 10.1. The van der Waals surface area contributed by atoms with Gasteiger partial charge >= 0.3 is 0 Å². The lowest BCUT2D eigenvalue weighted by Gasteiger charge is -2.13. The van der Waals surface area contributed by atoms with E-state index < -0.39 is 11.2 Å². The zero-order valence-corrected chi connectivity index (χ0v) is 27.9.